The van der Waals surface area contributed by atoms with Gasteiger partial charge in [0.05, 0.1) is 17.8 Å². The van der Waals surface area contributed by atoms with E-state index in [0.29, 0.717) is 23.8 Å². The number of nitrogens with one attached hydrogen (secondary N) is 1. The van der Waals surface area contributed by atoms with Crippen LogP contribution in [0.5, 0.6) is 0 Å². The molecule has 3 rings (SSSR count). The minimum absolute atomic E-state index is 0.178. The van der Waals surface area contributed by atoms with Gasteiger partial charge in [-0.1, -0.05) is 13.8 Å². The van der Waals surface area contributed by atoms with E-state index in [9.17, 15) is 4.79 Å². The van der Waals surface area contributed by atoms with Crippen LogP contribution < -0.4 is 5.32 Å². The summed E-state index contributed by atoms with van der Waals surface area (Å²) in [6, 6.07) is 0. The average Bonchev–Trinajstić information content (AvgIpc) is 2.94. The minimum atomic E-state index is -0.178. The number of nitrogens with zero attached hydrogens (tertiary/aromatic N) is 1. The van der Waals surface area contributed by atoms with Crippen LogP contribution in [-0.4, -0.2) is 41.8 Å². The van der Waals surface area contributed by atoms with Crippen molar-refractivity contribution in [2.45, 2.75) is 64.3 Å². The molecule has 3 aliphatic rings. The predicted octanol–water partition coefficient (Wildman–Crippen LogP) is 1.75. The van der Waals surface area contributed by atoms with Crippen molar-refractivity contribution in [1.82, 2.24) is 10.2 Å². The van der Waals surface area contributed by atoms with E-state index in [2.05, 4.69) is 31.0 Å². The molecule has 0 radical (unpaired) electrons. The first-order chi connectivity index (χ1) is 9.02. The molecule has 2 saturated heterocycles. The quantitative estimate of drug-likeness (QED) is 0.843. The molecule has 1 aliphatic carbocycles. The van der Waals surface area contributed by atoms with Gasteiger partial charge in [0.1, 0.15) is 0 Å². The van der Waals surface area contributed by atoms with Crippen LogP contribution in [0.25, 0.3) is 0 Å². The maximum atomic E-state index is 12.6. The lowest BCUT2D eigenvalue weighted by atomic mass is 10.0. The van der Waals surface area contributed by atoms with Crippen LogP contribution in [0.15, 0.2) is 0 Å². The first kappa shape index (κ1) is 13.4. The smallest absolute Gasteiger partial charge is 0.244 e. The summed E-state index contributed by atoms with van der Waals surface area (Å²) in [6.07, 6.45) is 4.72. The Morgan fingerprint density at radius 2 is 2.21 bits per heavy atom. The number of hydrogen-bond acceptors (Lipinski definition) is 3. The maximum absolute atomic E-state index is 12.6. The molecule has 19 heavy (non-hydrogen) atoms. The summed E-state index contributed by atoms with van der Waals surface area (Å²) in [4.78, 5) is 14.7. The van der Waals surface area contributed by atoms with Gasteiger partial charge in [0.25, 0.3) is 0 Å². The molecule has 0 aromatic heterocycles. The molecule has 4 heteroatoms. The highest BCUT2D eigenvalue weighted by atomic mass is 16.5. The predicted molar refractivity (Wildman–Crippen MR) is 73.6 cm³/mol. The Bertz CT molecular complexity index is 365. The number of carbonyl (C=O) groups is 1. The molecule has 2 aliphatic heterocycles. The lowest BCUT2D eigenvalue weighted by Gasteiger charge is -2.29. The van der Waals surface area contributed by atoms with Crippen LogP contribution in [0.3, 0.4) is 0 Å². The second-order valence-electron chi connectivity index (χ2n) is 6.95. The molecule has 1 N–H and O–H groups in total. The Morgan fingerprint density at radius 1 is 1.47 bits per heavy atom. The fraction of sp³-hybridized carbons (Fsp3) is 0.933. The second-order valence-corrected chi connectivity index (χ2v) is 6.95. The topological polar surface area (TPSA) is 41.6 Å². The number of carbonyl (C=O) groups excluding carboxylic acids is 1. The Balaban J connectivity index is 1.70. The molecule has 4 nitrogen and oxygen atoms in total. The Kier molecular flexibility index (Phi) is 3.34. The zero-order chi connectivity index (χ0) is 13.6. The molecule has 1 spiro atoms. The fourth-order valence-electron chi connectivity index (χ4n) is 3.47. The van der Waals surface area contributed by atoms with E-state index in [4.69, 9.17) is 4.74 Å². The van der Waals surface area contributed by atoms with Gasteiger partial charge in [-0.05, 0) is 38.5 Å². The number of rotatable bonds is 4. The summed E-state index contributed by atoms with van der Waals surface area (Å²) in [5.74, 6) is 1.46. The van der Waals surface area contributed by atoms with Crippen molar-refractivity contribution in [2.75, 3.05) is 13.2 Å². The molecule has 0 aromatic carbocycles. The summed E-state index contributed by atoms with van der Waals surface area (Å²) < 4.78 is 5.64. The van der Waals surface area contributed by atoms with Gasteiger partial charge in [0.2, 0.25) is 5.91 Å². The minimum Gasteiger partial charge on any atom is -0.378 e. The summed E-state index contributed by atoms with van der Waals surface area (Å²) in [6.45, 7) is 8.30. The van der Waals surface area contributed by atoms with Crippen LogP contribution in [-0.2, 0) is 9.53 Å². The van der Waals surface area contributed by atoms with Crippen molar-refractivity contribution in [1.29, 1.82) is 0 Å². The molecule has 3 unspecified atom stereocenters. The SMILES string of the molecule is CC(C)CC1NC2(CC2)C(=O)N1CC1CCOC1C. The van der Waals surface area contributed by atoms with Gasteiger partial charge in [0.15, 0.2) is 0 Å². The largest absolute Gasteiger partial charge is 0.378 e. The molecule has 3 fully saturated rings. The highest BCUT2D eigenvalue weighted by Crippen LogP contribution is 2.43. The first-order valence-corrected chi connectivity index (χ1v) is 7.72. The third kappa shape index (κ3) is 2.40. The number of amides is 1. The van der Waals surface area contributed by atoms with Crippen LogP contribution in [0.1, 0.15) is 46.5 Å². The van der Waals surface area contributed by atoms with E-state index in [1.54, 1.807) is 0 Å². The van der Waals surface area contributed by atoms with Crippen molar-refractivity contribution in [3.63, 3.8) is 0 Å². The van der Waals surface area contributed by atoms with Gasteiger partial charge >= 0.3 is 0 Å². The number of ether oxygens (including phenoxy) is 1. The van der Waals surface area contributed by atoms with Crippen molar-refractivity contribution < 1.29 is 9.53 Å². The highest BCUT2D eigenvalue weighted by molar-refractivity contribution is 5.91. The van der Waals surface area contributed by atoms with Gasteiger partial charge in [-0.3, -0.25) is 10.1 Å². The lowest BCUT2D eigenvalue weighted by Crippen LogP contribution is -2.42. The summed E-state index contributed by atoms with van der Waals surface area (Å²) in [7, 11) is 0. The Morgan fingerprint density at radius 3 is 2.74 bits per heavy atom. The molecule has 1 saturated carbocycles. The summed E-state index contributed by atoms with van der Waals surface area (Å²) in [5.41, 5.74) is -0.178. The first-order valence-electron chi connectivity index (χ1n) is 7.72. The molecule has 108 valence electrons. The van der Waals surface area contributed by atoms with Crippen LogP contribution >= 0.6 is 0 Å². The van der Waals surface area contributed by atoms with Crippen LogP contribution in [0.2, 0.25) is 0 Å². The Hall–Kier alpha value is -0.610. The van der Waals surface area contributed by atoms with Crippen molar-refractivity contribution >= 4 is 5.91 Å². The van der Waals surface area contributed by atoms with E-state index in [1.165, 1.54) is 0 Å². The van der Waals surface area contributed by atoms with Gasteiger partial charge in [-0.15, -0.1) is 0 Å². The highest BCUT2D eigenvalue weighted by Gasteiger charge is 2.59. The van der Waals surface area contributed by atoms with Gasteiger partial charge in [-0.25, -0.2) is 0 Å². The van der Waals surface area contributed by atoms with Gasteiger partial charge < -0.3 is 9.64 Å². The van der Waals surface area contributed by atoms with Crippen molar-refractivity contribution in [3.8, 4) is 0 Å². The van der Waals surface area contributed by atoms with E-state index < -0.39 is 0 Å². The van der Waals surface area contributed by atoms with E-state index in [-0.39, 0.29) is 11.7 Å². The normalized spacial score (nSPS) is 36.7. The molecule has 0 bridgehead atoms. The zero-order valence-corrected chi connectivity index (χ0v) is 12.3. The molecule has 3 atom stereocenters. The van der Waals surface area contributed by atoms with Crippen LogP contribution in [0, 0.1) is 11.8 Å². The second kappa shape index (κ2) is 4.74. The molecular formula is C15H26N2O2. The van der Waals surface area contributed by atoms with Gasteiger partial charge in [0, 0.05) is 19.1 Å². The third-order valence-corrected chi connectivity index (χ3v) is 4.90. The maximum Gasteiger partial charge on any atom is 0.244 e. The summed E-state index contributed by atoms with van der Waals surface area (Å²) >= 11 is 0. The Labute approximate surface area is 115 Å². The molecular weight excluding hydrogens is 240 g/mol. The van der Waals surface area contributed by atoms with E-state index in [0.717, 1.165) is 38.8 Å². The van der Waals surface area contributed by atoms with Crippen molar-refractivity contribution in [3.05, 3.63) is 0 Å². The van der Waals surface area contributed by atoms with Crippen LogP contribution in [0.4, 0.5) is 0 Å². The average molecular weight is 266 g/mol. The number of hydrogen-bond donors (Lipinski definition) is 1. The molecule has 2 heterocycles. The summed E-state index contributed by atoms with van der Waals surface area (Å²) in [5, 5.41) is 3.60. The van der Waals surface area contributed by atoms with Crippen molar-refractivity contribution in [2.24, 2.45) is 11.8 Å². The molecule has 1 amide bonds. The molecule has 0 aromatic rings. The monoisotopic (exact) mass is 266 g/mol. The van der Waals surface area contributed by atoms with Gasteiger partial charge in [-0.2, -0.15) is 0 Å². The lowest BCUT2D eigenvalue weighted by molar-refractivity contribution is -0.131. The third-order valence-electron chi connectivity index (χ3n) is 4.90. The van der Waals surface area contributed by atoms with E-state index >= 15 is 0 Å². The van der Waals surface area contributed by atoms with E-state index in [1.807, 2.05) is 0 Å². The standard InChI is InChI=1S/C15H26N2O2/c1-10(2)8-13-16-15(5-6-15)14(18)17(13)9-12-4-7-19-11(12)3/h10-13,16H,4-9H2,1-3H3. The fourth-order valence-corrected chi connectivity index (χ4v) is 3.47. The zero-order valence-electron chi connectivity index (χ0n) is 12.3.